The topological polar surface area (TPSA) is 92.0 Å². The lowest BCUT2D eigenvalue weighted by molar-refractivity contribution is -0.138. The molecular formula is C7H10FN3O2. The molecule has 13 heavy (non-hydrogen) atoms. The third-order valence-corrected chi connectivity index (χ3v) is 1.56. The van der Waals surface area contributed by atoms with Crippen LogP contribution >= 0.6 is 0 Å². The maximum Gasteiger partial charge on any atom is 0.320 e. The zero-order valence-electron chi connectivity index (χ0n) is 6.83. The molecule has 0 aliphatic carbocycles. The lowest BCUT2D eigenvalue weighted by Gasteiger charge is -2.02. The van der Waals surface area contributed by atoms with Gasteiger partial charge in [-0.15, -0.1) is 0 Å². The summed E-state index contributed by atoms with van der Waals surface area (Å²) in [6.45, 7) is -0.692. The summed E-state index contributed by atoms with van der Waals surface area (Å²) in [6.07, 6.45) is 1.51. The predicted octanol–water partition coefficient (Wildman–Crippen LogP) is -0.166. The van der Waals surface area contributed by atoms with Crippen molar-refractivity contribution < 1.29 is 14.3 Å². The number of aromatic amines is 1. The Morgan fingerprint density at radius 1 is 1.85 bits per heavy atom. The number of hydrogen-bond acceptors (Lipinski definition) is 3. The van der Waals surface area contributed by atoms with E-state index >= 15 is 0 Å². The number of alkyl halides is 1. The molecule has 0 bridgehead atoms. The largest absolute Gasteiger partial charge is 0.480 e. The van der Waals surface area contributed by atoms with Gasteiger partial charge in [0.15, 0.2) is 0 Å². The molecule has 1 heterocycles. The smallest absolute Gasteiger partial charge is 0.320 e. The predicted molar refractivity (Wildman–Crippen MR) is 42.7 cm³/mol. The molecule has 0 aromatic carbocycles. The van der Waals surface area contributed by atoms with Crippen LogP contribution in [0.1, 0.15) is 11.5 Å². The number of halogens is 1. The van der Waals surface area contributed by atoms with Gasteiger partial charge in [-0.25, -0.2) is 9.37 Å². The highest BCUT2D eigenvalue weighted by molar-refractivity contribution is 5.73. The van der Waals surface area contributed by atoms with Crippen LogP contribution in [-0.4, -0.2) is 27.1 Å². The number of hydrogen-bond donors (Lipinski definition) is 3. The monoisotopic (exact) mass is 187 g/mol. The molecule has 1 aromatic heterocycles. The Hall–Kier alpha value is -1.43. The van der Waals surface area contributed by atoms with Gasteiger partial charge in [-0.1, -0.05) is 0 Å². The van der Waals surface area contributed by atoms with Crippen molar-refractivity contribution in [3.05, 3.63) is 17.7 Å². The molecule has 0 spiro atoms. The Morgan fingerprint density at radius 2 is 2.54 bits per heavy atom. The SMILES string of the molecule is NC(Cc1cnc(CF)[nH]1)C(=O)O. The fraction of sp³-hybridized carbons (Fsp3) is 0.429. The summed E-state index contributed by atoms with van der Waals surface area (Å²) in [7, 11) is 0. The second-order valence-corrected chi connectivity index (χ2v) is 2.64. The van der Waals surface area contributed by atoms with Gasteiger partial charge in [0.1, 0.15) is 18.5 Å². The number of nitrogens with zero attached hydrogens (tertiary/aromatic N) is 1. The first-order valence-electron chi connectivity index (χ1n) is 3.70. The van der Waals surface area contributed by atoms with Crippen molar-refractivity contribution in [2.24, 2.45) is 5.73 Å². The number of nitrogens with two attached hydrogens (primary N) is 1. The number of carbonyl (C=O) groups is 1. The van der Waals surface area contributed by atoms with E-state index in [4.69, 9.17) is 10.8 Å². The van der Waals surface area contributed by atoms with E-state index in [0.29, 0.717) is 5.69 Å². The summed E-state index contributed by atoms with van der Waals surface area (Å²) < 4.78 is 12.0. The number of H-pyrrole nitrogens is 1. The van der Waals surface area contributed by atoms with Crippen LogP contribution < -0.4 is 5.73 Å². The molecule has 0 aliphatic rings. The molecule has 1 unspecified atom stereocenters. The third kappa shape index (κ3) is 2.51. The molecule has 0 saturated carbocycles. The number of nitrogens with one attached hydrogen (secondary N) is 1. The normalized spacial score (nSPS) is 12.8. The van der Waals surface area contributed by atoms with Gasteiger partial charge in [0.25, 0.3) is 0 Å². The average Bonchev–Trinajstić information content (AvgIpc) is 2.52. The van der Waals surface area contributed by atoms with Crippen molar-refractivity contribution in [1.29, 1.82) is 0 Å². The van der Waals surface area contributed by atoms with Crippen molar-refractivity contribution in [2.75, 3.05) is 0 Å². The highest BCUT2D eigenvalue weighted by Crippen LogP contribution is 2.01. The maximum atomic E-state index is 12.0. The first-order valence-corrected chi connectivity index (χ1v) is 3.70. The van der Waals surface area contributed by atoms with Crippen LogP contribution in [0.15, 0.2) is 6.20 Å². The molecule has 0 amide bonds. The molecule has 6 heteroatoms. The van der Waals surface area contributed by atoms with E-state index in [2.05, 4.69) is 9.97 Å². The van der Waals surface area contributed by atoms with Gasteiger partial charge in [0.2, 0.25) is 0 Å². The molecule has 0 saturated heterocycles. The van der Waals surface area contributed by atoms with Crippen molar-refractivity contribution in [3.63, 3.8) is 0 Å². The molecule has 0 aliphatic heterocycles. The molecule has 0 fully saturated rings. The Kier molecular flexibility index (Phi) is 2.97. The molecule has 1 aromatic rings. The van der Waals surface area contributed by atoms with Gasteiger partial charge in [0, 0.05) is 18.3 Å². The highest BCUT2D eigenvalue weighted by Gasteiger charge is 2.13. The van der Waals surface area contributed by atoms with Crippen LogP contribution in [-0.2, 0) is 17.9 Å². The van der Waals surface area contributed by atoms with E-state index in [1.165, 1.54) is 6.20 Å². The third-order valence-electron chi connectivity index (χ3n) is 1.56. The minimum Gasteiger partial charge on any atom is -0.480 e. The minimum atomic E-state index is -1.09. The van der Waals surface area contributed by atoms with Gasteiger partial charge >= 0.3 is 5.97 Å². The number of aliphatic carboxylic acids is 1. The maximum absolute atomic E-state index is 12.0. The van der Waals surface area contributed by atoms with Gasteiger partial charge in [-0.3, -0.25) is 4.79 Å². The Labute approximate surface area is 73.8 Å². The van der Waals surface area contributed by atoms with Crippen molar-refractivity contribution in [1.82, 2.24) is 9.97 Å². The Morgan fingerprint density at radius 3 is 3.00 bits per heavy atom. The van der Waals surface area contributed by atoms with Crippen LogP contribution in [0.5, 0.6) is 0 Å². The molecule has 1 atom stereocenters. The van der Waals surface area contributed by atoms with E-state index in [-0.39, 0.29) is 12.2 Å². The first-order chi connectivity index (χ1) is 6.13. The summed E-state index contributed by atoms with van der Waals surface area (Å²) in [5.41, 5.74) is 5.79. The summed E-state index contributed by atoms with van der Waals surface area (Å²) in [4.78, 5) is 16.6. The lowest BCUT2D eigenvalue weighted by atomic mass is 10.2. The first kappa shape index (κ1) is 9.66. The minimum absolute atomic E-state index is 0.127. The molecule has 4 N–H and O–H groups in total. The number of carboxylic acids is 1. The van der Waals surface area contributed by atoms with E-state index in [0.717, 1.165) is 0 Å². The number of aromatic nitrogens is 2. The van der Waals surface area contributed by atoms with Crippen molar-refractivity contribution in [3.8, 4) is 0 Å². The number of rotatable bonds is 4. The Balaban J connectivity index is 2.58. The van der Waals surface area contributed by atoms with Crippen LogP contribution in [0.3, 0.4) is 0 Å². The van der Waals surface area contributed by atoms with E-state index in [9.17, 15) is 9.18 Å². The van der Waals surface area contributed by atoms with Crippen molar-refractivity contribution in [2.45, 2.75) is 19.1 Å². The summed E-state index contributed by atoms with van der Waals surface area (Å²) in [6, 6.07) is -0.979. The van der Waals surface area contributed by atoms with E-state index < -0.39 is 18.7 Å². The average molecular weight is 187 g/mol. The van der Waals surface area contributed by atoms with E-state index in [1.54, 1.807) is 0 Å². The van der Waals surface area contributed by atoms with Gasteiger partial charge < -0.3 is 15.8 Å². The van der Waals surface area contributed by atoms with Gasteiger partial charge in [-0.05, 0) is 0 Å². The second kappa shape index (κ2) is 3.99. The van der Waals surface area contributed by atoms with Gasteiger partial charge in [0.05, 0.1) is 0 Å². The summed E-state index contributed by atoms with van der Waals surface area (Å²) >= 11 is 0. The van der Waals surface area contributed by atoms with Gasteiger partial charge in [-0.2, -0.15) is 0 Å². The zero-order valence-corrected chi connectivity index (χ0v) is 6.83. The van der Waals surface area contributed by atoms with Crippen LogP contribution in [0.4, 0.5) is 4.39 Å². The van der Waals surface area contributed by atoms with E-state index in [1.807, 2.05) is 0 Å². The molecule has 0 radical (unpaired) electrons. The van der Waals surface area contributed by atoms with Crippen LogP contribution in [0, 0.1) is 0 Å². The lowest BCUT2D eigenvalue weighted by Crippen LogP contribution is -2.32. The summed E-state index contributed by atoms with van der Waals surface area (Å²) in [5.74, 6) is -0.899. The quantitative estimate of drug-likeness (QED) is 0.610. The van der Waals surface area contributed by atoms with Crippen LogP contribution in [0.25, 0.3) is 0 Å². The summed E-state index contributed by atoms with van der Waals surface area (Å²) in [5, 5.41) is 8.47. The molecule has 1 rings (SSSR count). The number of carboxylic acid groups (broad SMARTS) is 1. The fourth-order valence-electron chi connectivity index (χ4n) is 0.902. The number of imidazole rings is 1. The van der Waals surface area contributed by atoms with Crippen molar-refractivity contribution >= 4 is 5.97 Å². The van der Waals surface area contributed by atoms with Crippen LogP contribution in [0.2, 0.25) is 0 Å². The fourth-order valence-corrected chi connectivity index (χ4v) is 0.902. The highest BCUT2D eigenvalue weighted by atomic mass is 19.1. The zero-order chi connectivity index (χ0) is 9.84. The second-order valence-electron chi connectivity index (χ2n) is 2.64. The molecule has 5 nitrogen and oxygen atoms in total. The Bertz CT molecular complexity index is 300. The molecular weight excluding hydrogens is 177 g/mol. The standard InChI is InChI=1S/C7H10FN3O2/c8-2-6-10-3-4(11-6)1-5(9)7(12)13/h3,5H,1-2,9H2,(H,10,11)(H,12,13). The molecule has 72 valence electrons.